The summed E-state index contributed by atoms with van der Waals surface area (Å²) in [5.41, 5.74) is 3.03. The van der Waals surface area contributed by atoms with E-state index in [0.29, 0.717) is 6.54 Å². The van der Waals surface area contributed by atoms with E-state index in [9.17, 15) is 4.79 Å². The Bertz CT molecular complexity index is 342. The van der Waals surface area contributed by atoms with Crippen LogP contribution in [0.1, 0.15) is 29.0 Å². The van der Waals surface area contributed by atoms with Crippen LogP contribution in [0.15, 0.2) is 18.2 Å². The average Bonchev–Trinajstić information content (AvgIpc) is 2.17. The number of amides is 1. The fourth-order valence-electron chi connectivity index (χ4n) is 1.62. The minimum atomic E-state index is -0.592. The van der Waals surface area contributed by atoms with E-state index < -0.39 is 5.38 Å². The molecule has 0 bridgehead atoms. The van der Waals surface area contributed by atoms with Crippen molar-refractivity contribution in [1.82, 2.24) is 5.32 Å². The Morgan fingerprint density at radius 1 is 1.40 bits per heavy atom. The Kier molecular flexibility index (Phi) is 4.15. The molecule has 0 aromatic heterocycles. The second-order valence-electron chi connectivity index (χ2n) is 3.56. The zero-order valence-electron chi connectivity index (χ0n) is 9.30. The van der Waals surface area contributed by atoms with Gasteiger partial charge in [-0.25, -0.2) is 0 Å². The SMILES string of the molecule is CCNC(=O)C(Cl)c1c(C)cccc1C. The topological polar surface area (TPSA) is 29.1 Å². The second kappa shape index (κ2) is 5.17. The molecule has 0 aliphatic heterocycles. The van der Waals surface area contributed by atoms with Gasteiger partial charge in [0.15, 0.2) is 0 Å². The summed E-state index contributed by atoms with van der Waals surface area (Å²) in [6.45, 7) is 6.42. The van der Waals surface area contributed by atoms with Gasteiger partial charge in [-0.05, 0) is 37.5 Å². The first-order valence-electron chi connectivity index (χ1n) is 5.05. The first kappa shape index (κ1) is 12.1. The molecular formula is C12H16ClNO. The molecule has 1 aromatic carbocycles. The molecule has 82 valence electrons. The highest BCUT2D eigenvalue weighted by molar-refractivity contribution is 6.31. The number of nitrogens with one attached hydrogen (secondary N) is 1. The monoisotopic (exact) mass is 225 g/mol. The Morgan fingerprint density at radius 3 is 2.40 bits per heavy atom. The van der Waals surface area contributed by atoms with E-state index in [4.69, 9.17) is 11.6 Å². The predicted molar refractivity (Wildman–Crippen MR) is 63.2 cm³/mol. The van der Waals surface area contributed by atoms with Crippen LogP contribution in [0.25, 0.3) is 0 Å². The van der Waals surface area contributed by atoms with Gasteiger partial charge < -0.3 is 5.32 Å². The molecule has 15 heavy (non-hydrogen) atoms. The van der Waals surface area contributed by atoms with Crippen molar-refractivity contribution in [2.24, 2.45) is 0 Å². The van der Waals surface area contributed by atoms with Crippen LogP contribution >= 0.6 is 11.6 Å². The number of likely N-dealkylation sites (N-methyl/N-ethyl adjacent to an activating group) is 1. The number of alkyl halides is 1. The van der Waals surface area contributed by atoms with E-state index in [0.717, 1.165) is 16.7 Å². The molecule has 1 N–H and O–H groups in total. The number of hydrogen-bond acceptors (Lipinski definition) is 1. The van der Waals surface area contributed by atoms with Gasteiger partial charge in [0.05, 0.1) is 0 Å². The molecule has 1 rings (SSSR count). The summed E-state index contributed by atoms with van der Waals surface area (Å²) < 4.78 is 0. The van der Waals surface area contributed by atoms with Gasteiger partial charge in [-0.15, -0.1) is 11.6 Å². The predicted octanol–water partition coefficient (Wildman–Crippen LogP) is 2.72. The lowest BCUT2D eigenvalue weighted by molar-refractivity contribution is -0.120. The van der Waals surface area contributed by atoms with Crippen LogP contribution in [0.3, 0.4) is 0 Å². The molecular weight excluding hydrogens is 210 g/mol. The highest BCUT2D eigenvalue weighted by atomic mass is 35.5. The molecule has 0 aliphatic carbocycles. The molecule has 0 fully saturated rings. The van der Waals surface area contributed by atoms with E-state index in [2.05, 4.69) is 5.32 Å². The summed E-state index contributed by atoms with van der Waals surface area (Å²) in [6, 6.07) is 5.91. The summed E-state index contributed by atoms with van der Waals surface area (Å²) in [6.07, 6.45) is 0. The number of benzene rings is 1. The van der Waals surface area contributed by atoms with Crippen LogP contribution < -0.4 is 5.32 Å². The molecule has 0 heterocycles. The van der Waals surface area contributed by atoms with Crippen molar-refractivity contribution in [3.63, 3.8) is 0 Å². The second-order valence-corrected chi connectivity index (χ2v) is 4.00. The number of halogens is 1. The van der Waals surface area contributed by atoms with Crippen molar-refractivity contribution in [3.05, 3.63) is 34.9 Å². The van der Waals surface area contributed by atoms with Crippen LogP contribution in [0.5, 0.6) is 0 Å². The van der Waals surface area contributed by atoms with Crippen molar-refractivity contribution in [2.45, 2.75) is 26.1 Å². The van der Waals surface area contributed by atoms with E-state index in [1.54, 1.807) is 0 Å². The highest BCUT2D eigenvalue weighted by Crippen LogP contribution is 2.27. The van der Waals surface area contributed by atoms with Crippen LogP contribution in [0.4, 0.5) is 0 Å². The van der Waals surface area contributed by atoms with Crippen molar-refractivity contribution >= 4 is 17.5 Å². The molecule has 2 nitrogen and oxygen atoms in total. The Hall–Kier alpha value is -1.02. The molecule has 1 atom stereocenters. The molecule has 1 amide bonds. The van der Waals surface area contributed by atoms with E-state index in [1.165, 1.54) is 0 Å². The molecule has 3 heteroatoms. The first-order chi connectivity index (χ1) is 7.07. The largest absolute Gasteiger partial charge is 0.355 e. The van der Waals surface area contributed by atoms with Crippen LogP contribution in [0, 0.1) is 13.8 Å². The van der Waals surface area contributed by atoms with E-state index in [1.807, 2.05) is 39.0 Å². The third-order valence-electron chi connectivity index (χ3n) is 2.38. The highest BCUT2D eigenvalue weighted by Gasteiger charge is 2.20. The number of hydrogen-bond donors (Lipinski definition) is 1. The lowest BCUT2D eigenvalue weighted by Gasteiger charge is -2.14. The molecule has 1 unspecified atom stereocenters. The first-order valence-corrected chi connectivity index (χ1v) is 5.49. The van der Waals surface area contributed by atoms with Crippen LogP contribution in [0.2, 0.25) is 0 Å². The molecule has 0 saturated heterocycles. The number of carbonyl (C=O) groups excluding carboxylic acids is 1. The summed E-state index contributed by atoms with van der Waals surface area (Å²) in [5.74, 6) is -0.128. The quantitative estimate of drug-likeness (QED) is 0.788. The van der Waals surface area contributed by atoms with E-state index in [-0.39, 0.29) is 5.91 Å². The Morgan fingerprint density at radius 2 is 1.93 bits per heavy atom. The maximum atomic E-state index is 11.6. The van der Waals surface area contributed by atoms with Crippen LogP contribution in [-0.4, -0.2) is 12.5 Å². The van der Waals surface area contributed by atoms with Gasteiger partial charge in [0.2, 0.25) is 5.91 Å². The molecule has 0 radical (unpaired) electrons. The normalized spacial score (nSPS) is 12.3. The fourth-order valence-corrected chi connectivity index (χ4v) is 2.04. The average molecular weight is 226 g/mol. The zero-order valence-corrected chi connectivity index (χ0v) is 10.1. The standard InChI is InChI=1S/C12H16ClNO/c1-4-14-12(15)11(13)10-8(2)6-5-7-9(10)3/h5-7,11H,4H2,1-3H3,(H,14,15). The minimum absolute atomic E-state index is 0.128. The number of carbonyl (C=O) groups is 1. The fraction of sp³-hybridized carbons (Fsp3) is 0.417. The minimum Gasteiger partial charge on any atom is -0.355 e. The van der Waals surface area contributed by atoms with E-state index >= 15 is 0 Å². The lowest BCUT2D eigenvalue weighted by Crippen LogP contribution is -2.27. The van der Waals surface area contributed by atoms with Crippen molar-refractivity contribution < 1.29 is 4.79 Å². The number of aryl methyl sites for hydroxylation is 2. The zero-order chi connectivity index (χ0) is 11.4. The van der Waals surface area contributed by atoms with Crippen molar-refractivity contribution in [2.75, 3.05) is 6.54 Å². The summed E-state index contributed by atoms with van der Waals surface area (Å²) in [4.78, 5) is 11.6. The van der Waals surface area contributed by atoms with Crippen molar-refractivity contribution in [1.29, 1.82) is 0 Å². The molecule has 0 saturated carbocycles. The molecule has 1 aromatic rings. The molecule has 0 aliphatic rings. The Labute approximate surface area is 95.6 Å². The van der Waals surface area contributed by atoms with Gasteiger partial charge in [-0.3, -0.25) is 4.79 Å². The summed E-state index contributed by atoms with van der Waals surface area (Å²) in [7, 11) is 0. The summed E-state index contributed by atoms with van der Waals surface area (Å²) in [5, 5.41) is 2.14. The van der Waals surface area contributed by atoms with Gasteiger partial charge in [-0.1, -0.05) is 18.2 Å². The third kappa shape index (κ3) is 2.72. The van der Waals surface area contributed by atoms with Crippen LogP contribution in [-0.2, 0) is 4.79 Å². The smallest absolute Gasteiger partial charge is 0.242 e. The maximum absolute atomic E-state index is 11.6. The maximum Gasteiger partial charge on any atom is 0.242 e. The lowest BCUT2D eigenvalue weighted by atomic mass is 9.99. The van der Waals surface area contributed by atoms with Gasteiger partial charge in [0, 0.05) is 6.54 Å². The third-order valence-corrected chi connectivity index (χ3v) is 2.79. The van der Waals surface area contributed by atoms with Gasteiger partial charge in [-0.2, -0.15) is 0 Å². The van der Waals surface area contributed by atoms with Crippen molar-refractivity contribution in [3.8, 4) is 0 Å². The van der Waals surface area contributed by atoms with Gasteiger partial charge in [0.25, 0.3) is 0 Å². The summed E-state index contributed by atoms with van der Waals surface area (Å²) >= 11 is 6.13. The molecule has 0 spiro atoms. The Balaban J connectivity index is 3.00. The number of rotatable bonds is 3. The van der Waals surface area contributed by atoms with Gasteiger partial charge >= 0.3 is 0 Å². The van der Waals surface area contributed by atoms with Gasteiger partial charge in [0.1, 0.15) is 5.38 Å².